The van der Waals surface area contributed by atoms with Crippen molar-refractivity contribution in [2.45, 2.75) is 12.6 Å². The summed E-state index contributed by atoms with van der Waals surface area (Å²) in [4.78, 5) is 16.8. The maximum Gasteiger partial charge on any atom is 0.416 e. The summed E-state index contributed by atoms with van der Waals surface area (Å²) in [5.74, 6) is -0.334. The lowest BCUT2D eigenvalue weighted by Gasteiger charge is -2.06. The minimum Gasteiger partial charge on any atom is -0.472 e. The Labute approximate surface area is 139 Å². The van der Waals surface area contributed by atoms with Crippen LogP contribution in [0.15, 0.2) is 53.5 Å². The summed E-state index contributed by atoms with van der Waals surface area (Å²) < 4.78 is 42.4. The largest absolute Gasteiger partial charge is 0.472 e. The number of thiazole rings is 1. The fourth-order valence-corrected chi connectivity index (χ4v) is 2.86. The standard InChI is InChI=1S/C16H11F3N2O2S/c17-16(18,19)12-3-1-10(2-4-12)7-13-8-20-15(24-13)21-14(22)11-5-6-23-9-11/h1-6,8-9H,7H2,(H,20,21,22). The highest BCUT2D eigenvalue weighted by Gasteiger charge is 2.29. The first kappa shape index (κ1) is 16.3. The lowest BCUT2D eigenvalue weighted by molar-refractivity contribution is -0.137. The second-order valence-corrected chi connectivity index (χ2v) is 6.08. The molecule has 0 fully saturated rings. The van der Waals surface area contributed by atoms with Gasteiger partial charge in [-0.25, -0.2) is 4.98 Å². The fourth-order valence-electron chi connectivity index (χ4n) is 2.02. The Hall–Kier alpha value is -2.61. The van der Waals surface area contributed by atoms with Gasteiger partial charge in [-0.3, -0.25) is 10.1 Å². The van der Waals surface area contributed by atoms with Crippen LogP contribution in [0.4, 0.5) is 18.3 Å². The average Bonchev–Trinajstić information content (AvgIpc) is 3.19. The molecule has 1 N–H and O–H groups in total. The van der Waals surface area contributed by atoms with E-state index in [-0.39, 0.29) is 5.91 Å². The van der Waals surface area contributed by atoms with E-state index >= 15 is 0 Å². The highest BCUT2D eigenvalue weighted by atomic mass is 32.1. The zero-order valence-electron chi connectivity index (χ0n) is 12.1. The Balaban J connectivity index is 1.65. The molecule has 3 aromatic rings. The number of aromatic nitrogens is 1. The van der Waals surface area contributed by atoms with Gasteiger partial charge in [0.05, 0.1) is 17.4 Å². The molecular formula is C16H11F3N2O2S. The van der Waals surface area contributed by atoms with Gasteiger partial charge < -0.3 is 4.42 Å². The maximum atomic E-state index is 12.5. The van der Waals surface area contributed by atoms with Crippen molar-refractivity contribution in [3.05, 3.63) is 70.6 Å². The first-order valence-corrected chi connectivity index (χ1v) is 7.68. The summed E-state index contributed by atoms with van der Waals surface area (Å²) in [6, 6.07) is 6.51. The van der Waals surface area contributed by atoms with Crippen LogP contribution >= 0.6 is 11.3 Å². The van der Waals surface area contributed by atoms with Crippen LogP contribution in [-0.2, 0) is 12.6 Å². The van der Waals surface area contributed by atoms with Crippen molar-refractivity contribution in [2.75, 3.05) is 5.32 Å². The quantitative estimate of drug-likeness (QED) is 0.747. The molecule has 24 heavy (non-hydrogen) atoms. The molecule has 3 rings (SSSR count). The number of furan rings is 1. The molecule has 0 radical (unpaired) electrons. The molecule has 124 valence electrons. The normalized spacial score (nSPS) is 11.5. The molecule has 0 aliphatic heterocycles. The van der Waals surface area contributed by atoms with Crippen LogP contribution in [0.25, 0.3) is 0 Å². The van der Waals surface area contributed by atoms with Gasteiger partial charge in [-0.05, 0) is 23.8 Å². The summed E-state index contributed by atoms with van der Waals surface area (Å²) in [7, 11) is 0. The molecule has 0 aliphatic carbocycles. The Morgan fingerprint density at radius 2 is 1.96 bits per heavy atom. The monoisotopic (exact) mass is 352 g/mol. The Bertz CT molecular complexity index is 824. The number of nitrogens with zero attached hydrogens (tertiary/aromatic N) is 1. The molecule has 0 bridgehead atoms. The van der Waals surface area contributed by atoms with Gasteiger partial charge in [0.2, 0.25) is 0 Å². The second-order valence-electron chi connectivity index (χ2n) is 4.97. The molecule has 8 heteroatoms. The Morgan fingerprint density at radius 3 is 2.58 bits per heavy atom. The number of nitrogens with one attached hydrogen (secondary N) is 1. The average molecular weight is 352 g/mol. The third kappa shape index (κ3) is 3.83. The zero-order valence-corrected chi connectivity index (χ0v) is 12.9. The lowest BCUT2D eigenvalue weighted by Crippen LogP contribution is -2.10. The molecule has 0 spiro atoms. The molecule has 1 aromatic carbocycles. The molecule has 4 nitrogen and oxygen atoms in total. The number of carbonyl (C=O) groups excluding carboxylic acids is 1. The van der Waals surface area contributed by atoms with E-state index in [1.807, 2.05) is 0 Å². The summed E-state index contributed by atoms with van der Waals surface area (Å²) in [5.41, 5.74) is 0.442. The summed E-state index contributed by atoms with van der Waals surface area (Å²) >= 11 is 1.27. The van der Waals surface area contributed by atoms with Crippen molar-refractivity contribution in [1.82, 2.24) is 4.98 Å². The summed E-state index contributed by atoms with van der Waals surface area (Å²) in [6.45, 7) is 0. The van der Waals surface area contributed by atoms with Gasteiger partial charge in [-0.2, -0.15) is 13.2 Å². The number of anilines is 1. The van der Waals surface area contributed by atoms with E-state index in [0.717, 1.165) is 22.6 Å². The van der Waals surface area contributed by atoms with E-state index in [1.54, 1.807) is 6.20 Å². The van der Waals surface area contributed by atoms with Crippen molar-refractivity contribution in [2.24, 2.45) is 0 Å². The van der Waals surface area contributed by atoms with E-state index in [2.05, 4.69) is 10.3 Å². The van der Waals surface area contributed by atoms with Crippen LogP contribution in [0.3, 0.4) is 0 Å². The number of benzene rings is 1. The number of amides is 1. The first-order valence-electron chi connectivity index (χ1n) is 6.86. The topological polar surface area (TPSA) is 55.1 Å². The molecular weight excluding hydrogens is 341 g/mol. The zero-order chi connectivity index (χ0) is 17.2. The molecule has 0 aliphatic rings. The SMILES string of the molecule is O=C(Nc1ncc(Cc2ccc(C(F)(F)F)cc2)s1)c1ccoc1. The van der Waals surface area contributed by atoms with E-state index in [0.29, 0.717) is 17.1 Å². The first-order chi connectivity index (χ1) is 11.4. The van der Waals surface area contributed by atoms with Gasteiger partial charge in [-0.1, -0.05) is 12.1 Å². The van der Waals surface area contributed by atoms with Crippen LogP contribution < -0.4 is 5.32 Å². The predicted molar refractivity (Wildman–Crippen MR) is 83.0 cm³/mol. The second kappa shape index (κ2) is 6.48. The molecule has 1 amide bonds. The number of alkyl halides is 3. The van der Waals surface area contributed by atoms with Crippen molar-refractivity contribution in [1.29, 1.82) is 0 Å². The van der Waals surface area contributed by atoms with Crippen molar-refractivity contribution < 1.29 is 22.4 Å². The van der Waals surface area contributed by atoms with Gasteiger partial charge >= 0.3 is 6.18 Å². The minimum atomic E-state index is -4.34. The van der Waals surface area contributed by atoms with Crippen molar-refractivity contribution >= 4 is 22.4 Å². The van der Waals surface area contributed by atoms with Crippen LogP contribution in [0, 0.1) is 0 Å². The molecule has 0 saturated carbocycles. The number of halogens is 3. The molecule has 0 atom stereocenters. The third-order valence-electron chi connectivity index (χ3n) is 3.22. The lowest BCUT2D eigenvalue weighted by atomic mass is 10.1. The molecule has 0 saturated heterocycles. The van der Waals surface area contributed by atoms with E-state index in [9.17, 15) is 18.0 Å². The predicted octanol–water partition coefficient (Wildman–Crippen LogP) is 4.60. The van der Waals surface area contributed by atoms with E-state index < -0.39 is 11.7 Å². The number of carbonyl (C=O) groups is 1. The van der Waals surface area contributed by atoms with E-state index in [4.69, 9.17) is 4.42 Å². The maximum absolute atomic E-state index is 12.5. The third-order valence-corrected chi connectivity index (χ3v) is 4.13. The van der Waals surface area contributed by atoms with E-state index in [1.165, 1.54) is 42.1 Å². The Morgan fingerprint density at radius 1 is 1.21 bits per heavy atom. The minimum absolute atomic E-state index is 0.334. The van der Waals surface area contributed by atoms with Gasteiger partial charge in [0.1, 0.15) is 6.26 Å². The molecule has 2 heterocycles. The van der Waals surface area contributed by atoms with Gasteiger partial charge in [0.15, 0.2) is 5.13 Å². The number of hydrogen-bond acceptors (Lipinski definition) is 4. The van der Waals surface area contributed by atoms with Crippen LogP contribution in [-0.4, -0.2) is 10.9 Å². The summed E-state index contributed by atoms with van der Waals surface area (Å²) in [6.07, 6.45) is 0.414. The number of rotatable bonds is 4. The van der Waals surface area contributed by atoms with Crippen LogP contribution in [0.5, 0.6) is 0 Å². The number of hydrogen-bond donors (Lipinski definition) is 1. The van der Waals surface area contributed by atoms with Crippen molar-refractivity contribution in [3.8, 4) is 0 Å². The van der Waals surface area contributed by atoms with Crippen molar-refractivity contribution in [3.63, 3.8) is 0 Å². The molecule has 0 unspecified atom stereocenters. The van der Waals surface area contributed by atoms with Gasteiger partial charge in [0, 0.05) is 17.5 Å². The molecule has 2 aromatic heterocycles. The van der Waals surface area contributed by atoms with Crippen LogP contribution in [0.2, 0.25) is 0 Å². The highest BCUT2D eigenvalue weighted by molar-refractivity contribution is 7.15. The fraction of sp³-hybridized carbons (Fsp3) is 0.125. The Kier molecular flexibility index (Phi) is 4.39. The van der Waals surface area contributed by atoms with Crippen LogP contribution in [0.1, 0.15) is 26.4 Å². The van der Waals surface area contributed by atoms with Gasteiger partial charge in [-0.15, -0.1) is 11.3 Å². The van der Waals surface area contributed by atoms with Gasteiger partial charge in [0.25, 0.3) is 5.91 Å². The smallest absolute Gasteiger partial charge is 0.416 e. The summed E-state index contributed by atoms with van der Waals surface area (Å²) in [5, 5.41) is 3.06. The highest BCUT2D eigenvalue weighted by Crippen LogP contribution is 2.30.